The lowest BCUT2D eigenvalue weighted by Gasteiger charge is -2.12. The maximum absolute atomic E-state index is 12.9. The van der Waals surface area contributed by atoms with Crippen LogP contribution >= 0.6 is 0 Å². The standard InChI is InChI=1S/C18H17FN2O4/c1-12(17(22)13-7-9-15(19)10-8-13)21-25-11-14-5-3-4-6-16(14)20-18(23)24-2/h3-10,21H,1,11H2,2H3,(H,20,23). The highest BCUT2D eigenvalue weighted by atomic mass is 19.1. The van der Waals surface area contributed by atoms with Crippen molar-refractivity contribution in [2.45, 2.75) is 6.61 Å². The highest BCUT2D eigenvalue weighted by Crippen LogP contribution is 2.16. The summed E-state index contributed by atoms with van der Waals surface area (Å²) in [5, 5.41) is 2.56. The number of nitrogens with one attached hydrogen (secondary N) is 2. The minimum Gasteiger partial charge on any atom is -0.453 e. The largest absolute Gasteiger partial charge is 0.453 e. The summed E-state index contributed by atoms with van der Waals surface area (Å²) in [6, 6.07) is 12.1. The van der Waals surface area contributed by atoms with E-state index in [9.17, 15) is 14.0 Å². The van der Waals surface area contributed by atoms with E-state index in [1.165, 1.54) is 31.4 Å². The first kappa shape index (κ1) is 18.2. The third kappa shape index (κ3) is 5.15. The minimum absolute atomic E-state index is 0.00464. The Morgan fingerprint density at radius 3 is 2.48 bits per heavy atom. The molecule has 0 saturated heterocycles. The zero-order chi connectivity index (χ0) is 18.2. The van der Waals surface area contributed by atoms with Crippen LogP contribution < -0.4 is 10.8 Å². The predicted molar refractivity (Wildman–Crippen MR) is 90.3 cm³/mol. The van der Waals surface area contributed by atoms with Crippen molar-refractivity contribution in [1.82, 2.24) is 5.48 Å². The Hall–Kier alpha value is -3.19. The maximum Gasteiger partial charge on any atom is 0.411 e. The van der Waals surface area contributed by atoms with Crippen LogP contribution in [0.15, 0.2) is 60.8 Å². The predicted octanol–water partition coefficient (Wildman–Crippen LogP) is 3.42. The van der Waals surface area contributed by atoms with Crippen molar-refractivity contribution < 1.29 is 23.6 Å². The van der Waals surface area contributed by atoms with E-state index in [2.05, 4.69) is 22.1 Å². The summed E-state index contributed by atoms with van der Waals surface area (Å²) in [4.78, 5) is 28.7. The molecule has 130 valence electrons. The average Bonchev–Trinajstić information content (AvgIpc) is 2.63. The van der Waals surface area contributed by atoms with Gasteiger partial charge in [-0.1, -0.05) is 24.8 Å². The number of carbonyl (C=O) groups excluding carboxylic acids is 2. The lowest BCUT2D eigenvalue weighted by atomic mass is 10.1. The Morgan fingerprint density at radius 2 is 1.80 bits per heavy atom. The molecular weight excluding hydrogens is 327 g/mol. The SMILES string of the molecule is C=C(NOCc1ccccc1NC(=O)OC)C(=O)c1ccc(F)cc1. The van der Waals surface area contributed by atoms with Gasteiger partial charge in [0, 0.05) is 16.8 Å². The van der Waals surface area contributed by atoms with Gasteiger partial charge in [-0.05, 0) is 30.3 Å². The summed E-state index contributed by atoms with van der Waals surface area (Å²) in [7, 11) is 1.26. The number of carbonyl (C=O) groups is 2. The number of hydroxylamine groups is 1. The summed E-state index contributed by atoms with van der Waals surface area (Å²) in [5.74, 6) is -0.845. The van der Waals surface area contributed by atoms with Gasteiger partial charge in [-0.3, -0.25) is 20.4 Å². The Bertz CT molecular complexity index is 775. The second-order valence-electron chi connectivity index (χ2n) is 4.98. The molecule has 0 atom stereocenters. The monoisotopic (exact) mass is 344 g/mol. The summed E-state index contributed by atoms with van der Waals surface area (Å²) in [5.41, 5.74) is 3.94. The Labute approximate surface area is 144 Å². The molecule has 0 aliphatic rings. The zero-order valence-corrected chi connectivity index (χ0v) is 13.5. The molecule has 25 heavy (non-hydrogen) atoms. The number of para-hydroxylation sites is 1. The van der Waals surface area contributed by atoms with Crippen LogP contribution in [-0.2, 0) is 16.2 Å². The average molecular weight is 344 g/mol. The third-order valence-electron chi connectivity index (χ3n) is 3.24. The first-order valence-electron chi connectivity index (χ1n) is 7.31. The lowest BCUT2D eigenvalue weighted by Crippen LogP contribution is -2.20. The number of benzene rings is 2. The summed E-state index contributed by atoms with van der Waals surface area (Å²) >= 11 is 0. The number of Topliss-reactive ketones (excluding diaryl/α,β-unsaturated/α-hetero) is 1. The Balaban J connectivity index is 1.92. The molecule has 0 radical (unpaired) electrons. The van der Waals surface area contributed by atoms with Crippen LogP contribution in [0.4, 0.5) is 14.9 Å². The van der Waals surface area contributed by atoms with Gasteiger partial charge in [0.1, 0.15) is 18.1 Å². The normalized spacial score (nSPS) is 10.0. The minimum atomic E-state index is -0.601. The van der Waals surface area contributed by atoms with Gasteiger partial charge in [0.05, 0.1) is 7.11 Å². The van der Waals surface area contributed by atoms with Crippen molar-refractivity contribution in [1.29, 1.82) is 0 Å². The summed E-state index contributed by atoms with van der Waals surface area (Å²) in [6.45, 7) is 3.66. The molecule has 0 spiro atoms. The lowest BCUT2D eigenvalue weighted by molar-refractivity contribution is 0.0463. The van der Waals surface area contributed by atoms with E-state index >= 15 is 0 Å². The highest BCUT2D eigenvalue weighted by molar-refractivity contribution is 6.07. The Kier molecular flexibility index (Phi) is 6.25. The van der Waals surface area contributed by atoms with Crippen LogP contribution in [0.2, 0.25) is 0 Å². The molecule has 6 nitrogen and oxygen atoms in total. The molecule has 1 amide bonds. The first-order valence-corrected chi connectivity index (χ1v) is 7.31. The van der Waals surface area contributed by atoms with Crippen LogP contribution in [-0.4, -0.2) is 19.0 Å². The van der Waals surface area contributed by atoms with E-state index in [1.807, 2.05) is 0 Å². The van der Waals surface area contributed by atoms with Gasteiger partial charge in [-0.25, -0.2) is 9.18 Å². The molecule has 0 fully saturated rings. The number of halogens is 1. The molecule has 0 heterocycles. The fourth-order valence-electron chi connectivity index (χ4n) is 1.95. The zero-order valence-electron chi connectivity index (χ0n) is 13.5. The fraction of sp³-hybridized carbons (Fsp3) is 0.111. The number of anilines is 1. The molecule has 2 rings (SSSR count). The second kappa shape index (κ2) is 8.60. The van der Waals surface area contributed by atoms with Gasteiger partial charge in [-0.15, -0.1) is 0 Å². The molecular formula is C18H17FN2O4. The number of hydrogen-bond donors (Lipinski definition) is 2. The molecule has 2 aromatic carbocycles. The summed E-state index contributed by atoms with van der Waals surface area (Å²) < 4.78 is 17.4. The van der Waals surface area contributed by atoms with E-state index in [1.54, 1.807) is 24.3 Å². The van der Waals surface area contributed by atoms with Gasteiger partial charge in [-0.2, -0.15) is 0 Å². The van der Waals surface area contributed by atoms with E-state index in [-0.39, 0.29) is 17.9 Å². The maximum atomic E-state index is 12.9. The van der Waals surface area contributed by atoms with Gasteiger partial charge in [0.2, 0.25) is 5.78 Å². The van der Waals surface area contributed by atoms with Crippen molar-refractivity contribution in [2.75, 3.05) is 12.4 Å². The molecule has 7 heteroatoms. The van der Waals surface area contributed by atoms with E-state index in [0.29, 0.717) is 11.3 Å². The van der Waals surface area contributed by atoms with Gasteiger partial charge in [0.25, 0.3) is 0 Å². The van der Waals surface area contributed by atoms with Gasteiger partial charge in [0.15, 0.2) is 0 Å². The van der Waals surface area contributed by atoms with Crippen LogP contribution in [0.25, 0.3) is 0 Å². The smallest absolute Gasteiger partial charge is 0.411 e. The van der Waals surface area contributed by atoms with Crippen LogP contribution in [0.5, 0.6) is 0 Å². The van der Waals surface area contributed by atoms with E-state index in [0.717, 1.165) is 0 Å². The highest BCUT2D eigenvalue weighted by Gasteiger charge is 2.11. The molecule has 0 bridgehead atoms. The third-order valence-corrected chi connectivity index (χ3v) is 3.24. The molecule has 2 aromatic rings. The van der Waals surface area contributed by atoms with E-state index < -0.39 is 17.7 Å². The van der Waals surface area contributed by atoms with Crippen molar-refractivity contribution >= 4 is 17.6 Å². The van der Waals surface area contributed by atoms with Crippen molar-refractivity contribution in [3.63, 3.8) is 0 Å². The van der Waals surface area contributed by atoms with E-state index in [4.69, 9.17) is 4.84 Å². The molecule has 0 aromatic heterocycles. The van der Waals surface area contributed by atoms with Crippen molar-refractivity contribution in [3.8, 4) is 0 Å². The molecule has 0 saturated carbocycles. The molecule has 0 aliphatic heterocycles. The van der Waals surface area contributed by atoms with Gasteiger partial charge < -0.3 is 4.74 Å². The number of ketones is 1. The summed E-state index contributed by atoms with van der Waals surface area (Å²) in [6.07, 6.45) is -0.601. The first-order chi connectivity index (χ1) is 12.0. The van der Waals surface area contributed by atoms with Crippen LogP contribution in [0, 0.1) is 5.82 Å². The molecule has 2 N–H and O–H groups in total. The molecule has 0 aliphatic carbocycles. The Morgan fingerprint density at radius 1 is 1.12 bits per heavy atom. The number of ether oxygens (including phenoxy) is 1. The van der Waals surface area contributed by atoms with Crippen molar-refractivity contribution in [2.24, 2.45) is 0 Å². The van der Waals surface area contributed by atoms with Gasteiger partial charge >= 0.3 is 6.09 Å². The number of methoxy groups -OCH3 is 1. The number of rotatable bonds is 7. The fourth-order valence-corrected chi connectivity index (χ4v) is 1.95. The van der Waals surface area contributed by atoms with Crippen molar-refractivity contribution in [3.05, 3.63) is 77.8 Å². The quantitative estimate of drug-likeness (QED) is 0.457. The van der Waals surface area contributed by atoms with Crippen LogP contribution in [0.3, 0.4) is 0 Å². The second-order valence-corrected chi connectivity index (χ2v) is 4.98. The number of amides is 1. The number of allylic oxidation sites excluding steroid dienone is 1. The van der Waals surface area contributed by atoms with Crippen LogP contribution in [0.1, 0.15) is 15.9 Å². The molecule has 0 unspecified atom stereocenters. The number of hydrogen-bond acceptors (Lipinski definition) is 5. The topological polar surface area (TPSA) is 76.7 Å².